The summed E-state index contributed by atoms with van der Waals surface area (Å²) < 4.78 is 11.6. The van der Waals surface area contributed by atoms with E-state index in [2.05, 4.69) is 173 Å². The van der Waals surface area contributed by atoms with Crippen molar-refractivity contribution in [3.8, 4) is 22.5 Å². The fourth-order valence-electron chi connectivity index (χ4n) is 10.5. The van der Waals surface area contributed by atoms with Gasteiger partial charge in [0.1, 0.15) is 11.2 Å². The van der Waals surface area contributed by atoms with Gasteiger partial charge in [0.25, 0.3) is 6.71 Å². The van der Waals surface area contributed by atoms with Crippen LogP contribution in [0.1, 0.15) is 0 Å². The molecule has 0 amide bonds. The lowest BCUT2D eigenvalue weighted by Crippen LogP contribution is -2.59. The molecule has 0 bridgehead atoms. The van der Waals surface area contributed by atoms with E-state index in [9.17, 15) is 0 Å². The van der Waals surface area contributed by atoms with Crippen LogP contribution in [0.2, 0.25) is 0 Å². The second-order valence-electron chi connectivity index (χ2n) is 15.2. The summed E-state index contributed by atoms with van der Waals surface area (Å²) in [6.07, 6.45) is 0. The highest BCUT2D eigenvalue weighted by Crippen LogP contribution is 2.44. The molecule has 0 unspecified atom stereocenters. The topological polar surface area (TPSA) is 23.0 Å². The average Bonchev–Trinajstić information content (AvgIpc) is 3.87. The number of nitrogens with zero attached hydrogens (tertiary/aromatic N) is 2. The van der Waals surface area contributed by atoms with Gasteiger partial charge in [-0.2, -0.15) is 0 Å². The number of hydrogen-bond donors (Lipinski definition) is 0. The zero-order valence-corrected chi connectivity index (χ0v) is 29.0. The van der Waals surface area contributed by atoms with Gasteiger partial charge in [-0.3, -0.25) is 0 Å². The van der Waals surface area contributed by atoms with Crippen molar-refractivity contribution >= 4 is 110 Å². The fraction of sp³-hybridized carbons (Fsp3) is 0. The number of furan rings is 1. The Kier molecular flexibility index (Phi) is 4.85. The Labute approximate surface area is 308 Å². The van der Waals surface area contributed by atoms with Gasteiger partial charge in [-0.05, 0) is 97.6 Å². The number of hydrogen-bond acceptors (Lipinski definition) is 1. The quantitative estimate of drug-likeness (QED) is 0.158. The van der Waals surface area contributed by atoms with Crippen LogP contribution in [0.25, 0.3) is 110 Å². The van der Waals surface area contributed by atoms with Crippen LogP contribution in [0.3, 0.4) is 0 Å². The van der Waals surface area contributed by atoms with Gasteiger partial charge < -0.3 is 13.6 Å². The van der Waals surface area contributed by atoms with Crippen molar-refractivity contribution in [1.82, 2.24) is 9.13 Å². The van der Waals surface area contributed by atoms with Crippen LogP contribution in [0, 0.1) is 0 Å². The summed E-state index contributed by atoms with van der Waals surface area (Å²) in [7, 11) is 0. The van der Waals surface area contributed by atoms with Crippen LogP contribution in [0.5, 0.6) is 0 Å². The number of benzene rings is 9. The van der Waals surface area contributed by atoms with E-state index >= 15 is 0 Å². The molecule has 54 heavy (non-hydrogen) atoms. The Morgan fingerprint density at radius 1 is 0.407 bits per heavy atom. The maximum atomic E-state index is 6.46. The lowest BCUT2D eigenvalue weighted by atomic mass is 9.34. The molecule has 0 atom stereocenters. The molecule has 5 heterocycles. The van der Waals surface area contributed by atoms with E-state index in [4.69, 9.17) is 4.42 Å². The summed E-state index contributed by atoms with van der Waals surface area (Å²) in [6, 6.07) is 61.0. The Balaban J connectivity index is 1.22. The van der Waals surface area contributed by atoms with Gasteiger partial charge in [0, 0.05) is 54.7 Å². The molecule has 12 aromatic rings. The highest BCUT2D eigenvalue weighted by molar-refractivity contribution is 7.00. The Hall–Kier alpha value is -7.04. The van der Waals surface area contributed by atoms with Crippen molar-refractivity contribution in [3.05, 3.63) is 164 Å². The minimum Gasteiger partial charge on any atom is -0.456 e. The van der Waals surface area contributed by atoms with Crippen LogP contribution in [-0.2, 0) is 0 Å². The predicted molar refractivity (Wildman–Crippen MR) is 228 cm³/mol. The summed E-state index contributed by atoms with van der Waals surface area (Å²) >= 11 is 0. The zero-order valence-electron chi connectivity index (χ0n) is 29.0. The summed E-state index contributed by atoms with van der Waals surface area (Å²) in [6.45, 7) is 0.0828. The molecule has 0 spiro atoms. The molecule has 0 N–H and O–H groups in total. The molecule has 2 aliphatic rings. The lowest BCUT2D eigenvalue weighted by molar-refractivity contribution is 0.669. The number of aromatic nitrogens is 2. The first-order valence-corrected chi connectivity index (χ1v) is 18.8. The molecule has 0 radical (unpaired) electrons. The van der Waals surface area contributed by atoms with E-state index in [-0.39, 0.29) is 6.71 Å². The summed E-state index contributed by atoms with van der Waals surface area (Å²) in [5.41, 5.74) is 15.9. The molecular weight excluding hydrogens is 655 g/mol. The third-order valence-corrected chi connectivity index (χ3v) is 12.6. The molecule has 4 heteroatoms. The smallest absolute Gasteiger partial charge is 0.252 e. The SMILES string of the molecule is c1ccc2cc3c(cc2c1)c1cccc2c1n3-c1cc(-c3cccc4oc5ccccc5c34)cc3c1B2c1cccc2c4cc5ccccc5cc4n-3c12. The van der Waals surface area contributed by atoms with Gasteiger partial charge in [-0.1, -0.05) is 115 Å². The van der Waals surface area contributed by atoms with Gasteiger partial charge in [0.05, 0.1) is 11.0 Å². The van der Waals surface area contributed by atoms with Gasteiger partial charge >= 0.3 is 0 Å². The largest absolute Gasteiger partial charge is 0.456 e. The molecule has 0 saturated carbocycles. The molecule has 3 nitrogen and oxygen atoms in total. The normalized spacial score (nSPS) is 13.1. The minimum absolute atomic E-state index is 0.0828. The standard InChI is InChI=1S/C50H27BN2O/c1-3-12-30-24-41-37(22-28(30)10-1)34-16-7-18-39-49(34)52(41)43-26-32(33-15-9-21-46-47(33)36-14-5-6-20-45(36)54-46)27-44-48(43)51(39)40-19-8-17-35-38-23-29-11-2-4-13-31(29)25-42(38)53(44)50(35)40/h1-27H. The van der Waals surface area contributed by atoms with Crippen LogP contribution < -0.4 is 16.4 Å². The number of fused-ring (bicyclic) bond motifs is 15. The second-order valence-corrected chi connectivity index (χ2v) is 15.2. The highest BCUT2D eigenvalue weighted by atomic mass is 16.3. The van der Waals surface area contributed by atoms with E-state index in [1.807, 2.05) is 0 Å². The predicted octanol–water partition coefficient (Wildman–Crippen LogP) is 10.9. The monoisotopic (exact) mass is 682 g/mol. The molecular formula is C50H27BN2O. The van der Waals surface area contributed by atoms with Crippen LogP contribution in [0.15, 0.2) is 168 Å². The van der Waals surface area contributed by atoms with Gasteiger partial charge in [-0.25, -0.2) is 0 Å². The van der Waals surface area contributed by atoms with E-state index in [1.54, 1.807) is 0 Å². The maximum absolute atomic E-state index is 6.46. The highest BCUT2D eigenvalue weighted by Gasteiger charge is 2.41. The summed E-state index contributed by atoms with van der Waals surface area (Å²) in [4.78, 5) is 0. The zero-order chi connectivity index (χ0) is 34.8. The number of para-hydroxylation sites is 3. The molecule has 9 aromatic carbocycles. The van der Waals surface area contributed by atoms with Crippen molar-refractivity contribution in [2.24, 2.45) is 0 Å². The minimum atomic E-state index is 0.0828. The van der Waals surface area contributed by atoms with Crippen molar-refractivity contribution in [2.45, 2.75) is 0 Å². The van der Waals surface area contributed by atoms with Crippen LogP contribution in [-0.4, -0.2) is 15.8 Å². The van der Waals surface area contributed by atoms with Crippen molar-refractivity contribution in [3.63, 3.8) is 0 Å². The van der Waals surface area contributed by atoms with E-state index in [1.165, 1.54) is 104 Å². The Morgan fingerprint density at radius 2 is 0.907 bits per heavy atom. The van der Waals surface area contributed by atoms with E-state index in [0.717, 1.165) is 21.9 Å². The first-order chi connectivity index (χ1) is 26.8. The molecule has 0 aliphatic carbocycles. The maximum Gasteiger partial charge on any atom is 0.252 e. The van der Waals surface area contributed by atoms with Gasteiger partial charge in [-0.15, -0.1) is 0 Å². The summed E-state index contributed by atoms with van der Waals surface area (Å²) in [5, 5.41) is 12.5. The van der Waals surface area contributed by atoms with E-state index < -0.39 is 0 Å². The van der Waals surface area contributed by atoms with Crippen LogP contribution >= 0.6 is 0 Å². The first kappa shape index (κ1) is 27.6. The average molecular weight is 683 g/mol. The van der Waals surface area contributed by atoms with Crippen molar-refractivity contribution < 1.29 is 4.42 Å². The lowest BCUT2D eigenvalue weighted by Gasteiger charge is -2.34. The summed E-state index contributed by atoms with van der Waals surface area (Å²) in [5.74, 6) is 0. The third kappa shape index (κ3) is 3.23. The molecule has 0 fully saturated rings. The van der Waals surface area contributed by atoms with Crippen LogP contribution in [0.4, 0.5) is 0 Å². The van der Waals surface area contributed by atoms with Crippen molar-refractivity contribution in [1.29, 1.82) is 0 Å². The second kappa shape index (κ2) is 9.49. The van der Waals surface area contributed by atoms with Gasteiger partial charge in [0.2, 0.25) is 0 Å². The third-order valence-electron chi connectivity index (χ3n) is 12.6. The Morgan fingerprint density at radius 3 is 1.52 bits per heavy atom. The molecule has 14 rings (SSSR count). The first-order valence-electron chi connectivity index (χ1n) is 18.8. The Bertz CT molecular complexity index is 3510. The molecule has 2 aliphatic heterocycles. The van der Waals surface area contributed by atoms with E-state index in [0.29, 0.717) is 0 Å². The number of rotatable bonds is 1. The van der Waals surface area contributed by atoms with Gasteiger partial charge in [0.15, 0.2) is 0 Å². The van der Waals surface area contributed by atoms with Crippen molar-refractivity contribution in [2.75, 3.05) is 0 Å². The molecule has 0 saturated heterocycles. The fourth-order valence-corrected chi connectivity index (χ4v) is 10.5. The molecule has 3 aromatic heterocycles. The molecule has 246 valence electrons.